The maximum Gasteiger partial charge on any atom is 0.0477 e. The van der Waals surface area contributed by atoms with E-state index in [1.54, 1.807) is 7.11 Å². The Hall–Kier alpha value is -0.120. The summed E-state index contributed by atoms with van der Waals surface area (Å²) in [4.78, 5) is 0. The average molecular weight is 202 g/mol. The van der Waals surface area contributed by atoms with E-state index < -0.39 is 0 Å². The van der Waals surface area contributed by atoms with Crippen LogP contribution in [0.15, 0.2) is 0 Å². The number of rotatable bonds is 9. The highest BCUT2D eigenvalue weighted by molar-refractivity contribution is 4.68. The summed E-state index contributed by atoms with van der Waals surface area (Å²) in [5.41, 5.74) is 5.89. The van der Waals surface area contributed by atoms with Gasteiger partial charge in [0.2, 0.25) is 0 Å². The van der Waals surface area contributed by atoms with Crippen LogP contribution in [0.2, 0.25) is 0 Å². The standard InChI is InChI=1S/C11H26N2O/c1-4-5-6-10(2)13-9-11(12)7-8-14-3/h10-11,13H,4-9,12H2,1-3H3. The Labute approximate surface area is 88.4 Å². The summed E-state index contributed by atoms with van der Waals surface area (Å²) in [7, 11) is 1.71. The van der Waals surface area contributed by atoms with Crippen molar-refractivity contribution in [1.82, 2.24) is 5.32 Å². The van der Waals surface area contributed by atoms with Gasteiger partial charge in [0, 0.05) is 32.3 Å². The molecule has 0 saturated heterocycles. The fraction of sp³-hybridized carbons (Fsp3) is 1.00. The molecule has 0 aromatic rings. The second-order valence-corrected chi connectivity index (χ2v) is 3.99. The quantitative estimate of drug-likeness (QED) is 0.596. The Morgan fingerprint density at radius 3 is 2.64 bits per heavy atom. The molecule has 0 amide bonds. The van der Waals surface area contributed by atoms with Gasteiger partial charge in [-0.15, -0.1) is 0 Å². The first kappa shape index (κ1) is 13.9. The molecular formula is C11H26N2O. The molecule has 0 bridgehead atoms. The molecular weight excluding hydrogens is 176 g/mol. The largest absolute Gasteiger partial charge is 0.385 e. The van der Waals surface area contributed by atoms with Gasteiger partial charge in [0.25, 0.3) is 0 Å². The number of methoxy groups -OCH3 is 1. The van der Waals surface area contributed by atoms with Crippen LogP contribution in [0.25, 0.3) is 0 Å². The van der Waals surface area contributed by atoms with E-state index in [0.717, 1.165) is 19.6 Å². The van der Waals surface area contributed by atoms with Crippen LogP contribution < -0.4 is 11.1 Å². The van der Waals surface area contributed by atoms with E-state index in [0.29, 0.717) is 6.04 Å². The van der Waals surface area contributed by atoms with Gasteiger partial charge in [0.15, 0.2) is 0 Å². The maximum atomic E-state index is 5.89. The summed E-state index contributed by atoms with van der Waals surface area (Å²) in [6.07, 6.45) is 4.74. The van der Waals surface area contributed by atoms with Gasteiger partial charge in [0.05, 0.1) is 0 Å². The van der Waals surface area contributed by atoms with Gasteiger partial charge >= 0.3 is 0 Å². The molecule has 0 aliphatic carbocycles. The molecule has 0 radical (unpaired) electrons. The van der Waals surface area contributed by atoms with Crippen LogP contribution in [-0.4, -0.2) is 32.3 Å². The fourth-order valence-electron chi connectivity index (χ4n) is 1.34. The molecule has 0 spiro atoms. The highest BCUT2D eigenvalue weighted by Gasteiger charge is 2.04. The summed E-state index contributed by atoms with van der Waals surface area (Å²) in [6, 6.07) is 0.808. The molecule has 0 aliphatic heterocycles. The molecule has 14 heavy (non-hydrogen) atoms. The highest BCUT2D eigenvalue weighted by Crippen LogP contribution is 1.99. The zero-order valence-corrected chi connectivity index (χ0v) is 9.88. The van der Waals surface area contributed by atoms with Crippen LogP contribution in [0.1, 0.15) is 39.5 Å². The van der Waals surface area contributed by atoms with Crippen LogP contribution in [-0.2, 0) is 4.74 Å². The number of ether oxygens (including phenoxy) is 1. The molecule has 0 saturated carbocycles. The lowest BCUT2D eigenvalue weighted by Crippen LogP contribution is -2.38. The normalized spacial score (nSPS) is 15.4. The summed E-state index contributed by atoms with van der Waals surface area (Å²) >= 11 is 0. The zero-order chi connectivity index (χ0) is 10.8. The molecule has 2 atom stereocenters. The molecule has 0 heterocycles. The molecule has 0 fully saturated rings. The van der Waals surface area contributed by atoms with Gasteiger partial charge in [-0.25, -0.2) is 0 Å². The Morgan fingerprint density at radius 2 is 2.07 bits per heavy atom. The molecule has 3 heteroatoms. The summed E-state index contributed by atoms with van der Waals surface area (Å²) in [5, 5.41) is 3.45. The van der Waals surface area contributed by atoms with Crippen LogP contribution in [0.3, 0.4) is 0 Å². The second-order valence-electron chi connectivity index (χ2n) is 3.99. The second kappa shape index (κ2) is 9.44. The Bertz CT molecular complexity index is 106. The number of nitrogens with one attached hydrogen (secondary N) is 1. The first-order valence-electron chi connectivity index (χ1n) is 5.68. The lowest BCUT2D eigenvalue weighted by molar-refractivity contribution is 0.187. The van der Waals surface area contributed by atoms with Crippen molar-refractivity contribution < 1.29 is 4.74 Å². The van der Waals surface area contributed by atoms with Crippen molar-refractivity contribution in [2.45, 2.75) is 51.6 Å². The lowest BCUT2D eigenvalue weighted by atomic mass is 10.1. The minimum absolute atomic E-state index is 0.221. The average Bonchev–Trinajstić information content (AvgIpc) is 2.20. The molecule has 0 aromatic heterocycles. The molecule has 0 rings (SSSR count). The van der Waals surface area contributed by atoms with Gasteiger partial charge in [-0.2, -0.15) is 0 Å². The Balaban J connectivity index is 3.31. The predicted molar refractivity (Wildman–Crippen MR) is 61.5 cm³/mol. The van der Waals surface area contributed by atoms with Crippen LogP contribution in [0.4, 0.5) is 0 Å². The van der Waals surface area contributed by atoms with Crippen molar-refractivity contribution in [1.29, 1.82) is 0 Å². The fourth-order valence-corrected chi connectivity index (χ4v) is 1.34. The summed E-state index contributed by atoms with van der Waals surface area (Å²) < 4.78 is 4.98. The van der Waals surface area contributed by atoms with Crippen molar-refractivity contribution in [2.24, 2.45) is 5.73 Å². The van der Waals surface area contributed by atoms with Gasteiger partial charge < -0.3 is 15.8 Å². The predicted octanol–water partition coefficient (Wildman–Crippen LogP) is 1.52. The van der Waals surface area contributed by atoms with Crippen LogP contribution in [0, 0.1) is 0 Å². The molecule has 0 aromatic carbocycles. The summed E-state index contributed by atoms with van der Waals surface area (Å²) in [5.74, 6) is 0. The number of hydrogen-bond acceptors (Lipinski definition) is 3. The summed E-state index contributed by atoms with van der Waals surface area (Å²) in [6.45, 7) is 6.09. The number of nitrogens with two attached hydrogens (primary N) is 1. The maximum absolute atomic E-state index is 5.89. The monoisotopic (exact) mass is 202 g/mol. The van der Waals surface area contributed by atoms with Crippen molar-refractivity contribution in [2.75, 3.05) is 20.3 Å². The van der Waals surface area contributed by atoms with Gasteiger partial charge in [-0.1, -0.05) is 19.8 Å². The SMILES string of the molecule is CCCCC(C)NCC(N)CCOC. The topological polar surface area (TPSA) is 47.3 Å². The van der Waals surface area contributed by atoms with Crippen molar-refractivity contribution >= 4 is 0 Å². The van der Waals surface area contributed by atoms with E-state index in [9.17, 15) is 0 Å². The van der Waals surface area contributed by atoms with Crippen LogP contribution in [0.5, 0.6) is 0 Å². The number of unbranched alkanes of at least 4 members (excludes halogenated alkanes) is 1. The first-order valence-corrected chi connectivity index (χ1v) is 5.68. The van der Waals surface area contributed by atoms with E-state index in [1.165, 1.54) is 19.3 Å². The molecule has 3 nitrogen and oxygen atoms in total. The number of hydrogen-bond donors (Lipinski definition) is 2. The molecule has 86 valence electrons. The Morgan fingerprint density at radius 1 is 1.36 bits per heavy atom. The third-order valence-corrected chi connectivity index (χ3v) is 2.41. The van der Waals surface area contributed by atoms with Gasteiger partial charge in [-0.3, -0.25) is 0 Å². The Kier molecular flexibility index (Phi) is 9.35. The molecule has 0 aliphatic rings. The zero-order valence-electron chi connectivity index (χ0n) is 9.88. The highest BCUT2D eigenvalue weighted by atomic mass is 16.5. The third kappa shape index (κ3) is 8.48. The van der Waals surface area contributed by atoms with Crippen molar-refractivity contribution in [3.63, 3.8) is 0 Å². The lowest BCUT2D eigenvalue weighted by Gasteiger charge is -2.17. The third-order valence-electron chi connectivity index (χ3n) is 2.41. The van der Waals surface area contributed by atoms with E-state index in [4.69, 9.17) is 10.5 Å². The van der Waals surface area contributed by atoms with Crippen molar-refractivity contribution in [3.05, 3.63) is 0 Å². The van der Waals surface area contributed by atoms with E-state index in [1.807, 2.05) is 0 Å². The van der Waals surface area contributed by atoms with E-state index >= 15 is 0 Å². The van der Waals surface area contributed by atoms with Crippen molar-refractivity contribution in [3.8, 4) is 0 Å². The molecule has 2 unspecified atom stereocenters. The first-order chi connectivity index (χ1) is 6.70. The smallest absolute Gasteiger partial charge is 0.0477 e. The van der Waals surface area contributed by atoms with Crippen LogP contribution >= 0.6 is 0 Å². The minimum Gasteiger partial charge on any atom is -0.385 e. The van der Waals surface area contributed by atoms with Gasteiger partial charge in [0.1, 0.15) is 0 Å². The van der Waals surface area contributed by atoms with E-state index in [2.05, 4.69) is 19.2 Å². The molecule has 3 N–H and O–H groups in total. The minimum atomic E-state index is 0.221. The van der Waals surface area contributed by atoms with Gasteiger partial charge in [-0.05, 0) is 19.8 Å². The van der Waals surface area contributed by atoms with E-state index in [-0.39, 0.29) is 6.04 Å².